The van der Waals surface area contributed by atoms with Crippen LogP contribution in [0, 0.1) is 11.3 Å². The largest absolute Gasteiger partial charge is 0.491 e. The molecule has 0 bridgehead atoms. The van der Waals surface area contributed by atoms with Crippen molar-refractivity contribution in [2.75, 3.05) is 46.0 Å². The molecule has 2 aliphatic rings. The van der Waals surface area contributed by atoms with Gasteiger partial charge in [0.1, 0.15) is 18.4 Å². The summed E-state index contributed by atoms with van der Waals surface area (Å²) in [6, 6.07) is 10.8. The Morgan fingerprint density at radius 1 is 1.26 bits per heavy atom. The summed E-state index contributed by atoms with van der Waals surface area (Å²) in [6.07, 6.45) is 1.22. The quantitative estimate of drug-likeness (QED) is 0.828. The maximum atomic E-state index is 9.09. The van der Waals surface area contributed by atoms with Crippen molar-refractivity contribution < 1.29 is 9.47 Å². The normalized spacial score (nSPS) is 26.1. The van der Waals surface area contributed by atoms with E-state index in [-0.39, 0.29) is 0 Å². The molecule has 2 heterocycles. The summed E-state index contributed by atoms with van der Waals surface area (Å²) in [6.45, 7) is 8.78. The first-order chi connectivity index (χ1) is 11.3. The van der Waals surface area contributed by atoms with Gasteiger partial charge >= 0.3 is 0 Å². The van der Waals surface area contributed by atoms with Crippen molar-refractivity contribution in [2.45, 2.75) is 25.4 Å². The Labute approximate surface area is 138 Å². The fourth-order valence-electron chi connectivity index (χ4n) is 3.66. The fraction of sp³-hybridized carbons (Fsp3) is 0.611. The van der Waals surface area contributed by atoms with Gasteiger partial charge < -0.3 is 9.47 Å². The van der Waals surface area contributed by atoms with E-state index in [1.807, 2.05) is 18.2 Å². The van der Waals surface area contributed by atoms with Crippen LogP contribution < -0.4 is 4.74 Å². The summed E-state index contributed by atoms with van der Waals surface area (Å²) in [4.78, 5) is 5.06. The van der Waals surface area contributed by atoms with Crippen LogP contribution in [0.25, 0.3) is 0 Å². The Morgan fingerprint density at radius 2 is 2.04 bits per heavy atom. The van der Waals surface area contributed by atoms with Crippen molar-refractivity contribution in [1.29, 1.82) is 5.26 Å². The molecule has 2 atom stereocenters. The molecule has 0 aromatic heterocycles. The highest BCUT2D eigenvalue weighted by Gasteiger charge is 2.34. The van der Waals surface area contributed by atoms with Gasteiger partial charge in [-0.2, -0.15) is 5.26 Å². The number of benzene rings is 1. The lowest BCUT2D eigenvalue weighted by atomic mass is 10.1. The number of hydrogen-bond acceptors (Lipinski definition) is 5. The number of nitriles is 1. The summed E-state index contributed by atoms with van der Waals surface area (Å²) in [7, 11) is 0. The number of nitrogens with zero attached hydrogens (tertiary/aromatic N) is 3. The first kappa shape index (κ1) is 16.3. The zero-order chi connectivity index (χ0) is 16.1. The van der Waals surface area contributed by atoms with Crippen LogP contribution in [0.3, 0.4) is 0 Å². The Bertz CT molecular complexity index is 551. The molecule has 5 nitrogen and oxygen atoms in total. The van der Waals surface area contributed by atoms with Gasteiger partial charge in [0, 0.05) is 38.3 Å². The van der Waals surface area contributed by atoms with E-state index >= 15 is 0 Å². The minimum Gasteiger partial charge on any atom is -0.491 e. The molecular formula is C18H25N3O2. The van der Waals surface area contributed by atoms with Crippen molar-refractivity contribution in [3.05, 3.63) is 29.8 Å². The molecule has 0 N–H and O–H groups in total. The minimum absolute atomic E-state index is 0.544. The van der Waals surface area contributed by atoms with Gasteiger partial charge in [0.2, 0.25) is 0 Å². The second kappa shape index (κ2) is 7.78. The molecule has 0 spiro atoms. The zero-order valence-corrected chi connectivity index (χ0v) is 13.8. The third-order valence-electron chi connectivity index (χ3n) is 5.00. The van der Waals surface area contributed by atoms with Gasteiger partial charge in [-0.1, -0.05) is 12.1 Å². The lowest BCUT2D eigenvalue weighted by molar-refractivity contribution is 0.00971. The second-order valence-corrected chi connectivity index (χ2v) is 6.24. The van der Waals surface area contributed by atoms with Crippen LogP contribution >= 0.6 is 0 Å². The summed E-state index contributed by atoms with van der Waals surface area (Å²) in [5, 5.41) is 9.09. The van der Waals surface area contributed by atoms with Crippen LogP contribution in [-0.4, -0.2) is 67.9 Å². The molecule has 0 aliphatic carbocycles. The zero-order valence-electron chi connectivity index (χ0n) is 13.8. The molecule has 0 radical (unpaired) electrons. The Morgan fingerprint density at radius 3 is 2.83 bits per heavy atom. The molecule has 23 heavy (non-hydrogen) atoms. The van der Waals surface area contributed by atoms with Gasteiger partial charge in [-0.3, -0.25) is 9.80 Å². The predicted molar refractivity (Wildman–Crippen MR) is 88.5 cm³/mol. The highest BCUT2D eigenvalue weighted by Crippen LogP contribution is 2.24. The first-order valence-electron chi connectivity index (χ1n) is 8.47. The number of ether oxygens (including phenoxy) is 2. The Hall–Kier alpha value is -1.61. The average molecular weight is 315 g/mol. The maximum absolute atomic E-state index is 9.09. The first-order valence-corrected chi connectivity index (χ1v) is 8.47. The standard InChI is InChI=1S/C18H25N3O2/c1-15-17(21-8-11-22-12-9-21)6-7-20(15)10-13-23-18-5-3-2-4-16(18)14-19/h2-5,15,17H,6-13H2,1H3/t15-,17-/m1/s1. The molecule has 1 aromatic rings. The third-order valence-corrected chi connectivity index (χ3v) is 5.00. The van der Waals surface area contributed by atoms with Gasteiger partial charge in [0.25, 0.3) is 0 Å². The van der Waals surface area contributed by atoms with E-state index in [1.54, 1.807) is 6.07 Å². The molecule has 5 heteroatoms. The summed E-state index contributed by atoms with van der Waals surface area (Å²) in [5.41, 5.74) is 0.605. The maximum Gasteiger partial charge on any atom is 0.137 e. The summed E-state index contributed by atoms with van der Waals surface area (Å²) < 4.78 is 11.3. The van der Waals surface area contributed by atoms with E-state index in [0.29, 0.717) is 30.0 Å². The highest BCUT2D eigenvalue weighted by atomic mass is 16.5. The number of morpholine rings is 1. The predicted octanol–water partition coefficient (Wildman–Crippen LogP) is 1.73. The third kappa shape index (κ3) is 3.84. The van der Waals surface area contributed by atoms with Crippen molar-refractivity contribution >= 4 is 0 Å². The van der Waals surface area contributed by atoms with Crippen molar-refractivity contribution in [3.63, 3.8) is 0 Å². The van der Waals surface area contributed by atoms with Crippen LogP contribution in [0.4, 0.5) is 0 Å². The van der Waals surface area contributed by atoms with E-state index < -0.39 is 0 Å². The van der Waals surface area contributed by atoms with Gasteiger partial charge in [0.15, 0.2) is 0 Å². The molecular weight excluding hydrogens is 290 g/mol. The Balaban J connectivity index is 1.48. The van der Waals surface area contributed by atoms with Crippen LogP contribution in [0.15, 0.2) is 24.3 Å². The smallest absolute Gasteiger partial charge is 0.137 e. The highest BCUT2D eigenvalue weighted by molar-refractivity contribution is 5.42. The molecule has 2 saturated heterocycles. The number of rotatable bonds is 5. The Kier molecular flexibility index (Phi) is 5.50. The number of para-hydroxylation sites is 1. The minimum atomic E-state index is 0.544. The van der Waals surface area contributed by atoms with E-state index in [4.69, 9.17) is 14.7 Å². The SMILES string of the molecule is C[C@@H]1[C@H](N2CCOCC2)CCN1CCOc1ccccc1C#N. The van der Waals surface area contributed by atoms with Gasteiger partial charge in [0.05, 0.1) is 18.8 Å². The van der Waals surface area contributed by atoms with E-state index in [1.165, 1.54) is 6.42 Å². The van der Waals surface area contributed by atoms with Crippen LogP contribution in [0.2, 0.25) is 0 Å². The molecule has 0 saturated carbocycles. The summed E-state index contributed by atoms with van der Waals surface area (Å²) in [5.74, 6) is 0.687. The van der Waals surface area contributed by atoms with Gasteiger partial charge in [-0.05, 0) is 25.5 Å². The monoisotopic (exact) mass is 315 g/mol. The number of hydrogen-bond donors (Lipinski definition) is 0. The molecule has 0 unspecified atom stereocenters. The van der Waals surface area contributed by atoms with Gasteiger partial charge in [-0.15, -0.1) is 0 Å². The molecule has 3 rings (SSSR count). The lowest BCUT2D eigenvalue weighted by Crippen LogP contribution is -2.48. The second-order valence-electron chi connectivity index (χ2n) is 6.24. The topological polar surface area (TPSA) is 48.7 Å². The van der Waals surface area contributed by atoms with Crippen LogP contribution in [-0.2, 0) is 4.74 Å². The molecule has 2 aliphatic heterocycles. The van der Waals surface area contributed by atoms with Gasteiger partial charge in [-0.25, -0.2) is 0 Å². The fourth-order valence-corrected chi connectivity index (χ4v) is 3.66. The lowest BCUT2D eigenvalue weighted by Gasteiger charge is -2.35. The van der Waals surface area contributed by atoms with E-state index in [2.05, 4.69) is 22.8 Å². The molecule has 0 amide bonds. The molecule has 2 fully saturated rings. The number of likely N-dealkylation sites (tertiary alicyclic amines) is 1. The average Bonchev–Trinajstić information content (AvgIpc) is 2.97. The van der Waals surface area contributed by atoms with E-state index in [9.17, 15) is 0 Å². The molecule has 124 valence electrons. The van der Waals surface area contributed by atoms with E-state index in [0.717, 1.165) is 39.4 Å². The van der Waals surface area contributed by atoms with Crippen molar-refractivity contribution in [1.82, 2.24) is 9.80 Å². The van der Waals surface area contributed by atoms with Crippen LogP contribution in [0.1, 0.15) is 18.9 Å². The van der Waals surface area contributed by atoms with Crippen molar-refractivity contribution in [2.24, 2.45) is 0 Å². The van der Waals surface area contributed by atoms with Crippen molar-refractivity contribution in [3.8, 4) is 11.8 Å². The molecule has 1 aromatic carbocycles. The summed E-state index contributed by atoms with van der Waals surface area (Å²) >= 11 is 0. The van der Waals surface area contributed by atoms with Crippen LogP contribution in [0.5, 0.6) is 5.75 Å².